The number of benzene rings is 1. The van der Waals surface area contributed by atoms with Crippen LogP contribution in [0.5, 0.6) is 0 Å². The van der Waals surface area contributed by atoms with Crippen molar-refractivity contribution in [2.45, 2.75) is 58.2 Å². The van der Waals surface area contributed by atoms with Crippen molar-refractivity contribution in [2.75, 3.05) is 7.05 Å². The number of allylic oxidation sites excluding steroid dienone is 4. The maximum atomic E-state index is 13.3. The third-order valence-corrected chi connectivity index (χ3v) is 6.91. The number of carbonyl (C=O) groups excluding carboxylic acids is 1. The predicted octanol–water partition coefficient (Wildman–Crippen LogP) is 2.50. The minimum atomic E-state index is -0.602. The van der Waals surface area contributed by atoms with Crippen molar-refractivity contribution in [3.63, 3.8) is 0 Å². The molecule has 0 aromatic heterocycles. The van der Waals surface area contributed by atoms with Gasteiger partial charge in [0.1, 0.15) is 6.04 Å². The first kappa shape index (κ1) is 25.8. The van der Waals surface area contributed by atoms with E-state index in [4.69, 9.17) is 17.2 Å². The zero-order valence-corrected chi connectivity index (χ0v) is 20.8. The van der Waals surface area contributed by atoms with Gasteiger partial charge in [0.05, 0.1) is 23.0 Å². The zero-order chi connectivity index (χ0) is 25.5. The van der Waals surface area contributed by atoms with Gasteiger partial charge < -0.3 is 32.7 Å². The summed E-state index contributed by atoms with van der Waals surface area (Å²) in [5.41, 5.74) is 22.7. The number of rotatable bonds is 8. The quantitative estimate of drug-likeness (QED) is 0.363. The summed E-state index contributed by atoms with van der Waals surface area (Å²) in [5.74, 6) is 0.409. The average molecular weight is 476 g/mol. The van der Waals surface area contributed by atoms with Crippen LogP contribution in [-0.2, 0) is 11.3 Å². The summed E-state index contributed by atoms with van der Waals surface area (Å²) in [4.78, 5) is 15.5. The van der Waals surface area contributed by atoms with Gasteiger partial charge in [0.15, 0.2) is 0 Å². The van der Waals surface area contributed by atoms with Gasteiger partial charge in [-0.2, -0.15) is 5.26 Å². The van der Waals surface area contributed by atoms with Crippen LogP contribution in [0.15, 0.2) is 59.8 Å². The Morgan fingerprint density at radius 3 is 2.69 bits per heavy atom. The summed E-state index contributed by atoms with van der Waals surface area (Å²) in [6.45, 7) is 4.23. The topological polar surface area (TPSA) is 146 Å². The molecular weight excluding hydrogens is 438 g/mol. The molecule has 0 radical (unpaired) electrons. The van der Waals surface area contributed by atoms with E-state index in [2.05, 4.69) is 28.5 Å². The van der Waals surface area contributed by atoms with E-state index in [1.165, 1.54) is 31.9 Å². The van der Waals surface area contributed by atoms with Crippen LogP contribution in [0.1, 0.15) is 56.2 Å². The lowest BCUT2D eigenvalue weighted by Gasteiger charge is -2.38. The summed E-state index contributed by atoms with van der Waals surface area (Å²) in [6.07, 6.45) is 11.6. The second-order valence-corrected chi connectivity index (χ2v) is 9.43. The Labute approximate surface area is 208 Å². The molecule has 186 valence electrons. The maximum Gasteiger partial charge on any atom is 0.249 e. The number of amides is 1. The van der Waals surface area contributed by atoms with Crippen LogP contribution in [0.2, 0.25) is 0 Å². The fourth-order valence-electron chi connectivity index (χ4n) is 4.94. The summed E-state index contributed by atoms with van der Waals surface area (Å²) in [5, 5.41) is 15.7. The zero-order valence-electron chi connectivity index (χ0n) is 20.8. The first-order valence-corrected chi connectivity index (χ1v) is 12.1. The van der Waals surface area contributed by atoms with Gasteiger partial charge >= 0.3 is 0 Å². The van der Waals surface area contributed by atoms with E-state index in [-0.39, 0.29) is 18.5 Å². The molecule has 2 atom stereocenters. The van der Waals surface area contributed by atoms with E-state index >= 15 is 0 Å². The molecule has 1 heterocycles. The van der Waals surface area contributed by atoms with Crippen molar-refractivity contribution in [3.8, 4) is 6.07 Å². The van der Waals surface area contributed by atoms with Crippen molar-refractivity contribution < 1.29 is 4.79 Å². The van der Waals surface area contributed by atoms with E-state index < -0.39 is 6.04 Å². The smallest absolute Gasteiger partial charge is 0.249 e. The van der Waals surface area contributed by atoms with Gasteiger partial charge in [-0.25, -0.2) is 0 Å². The molecule has 1 aromatic rings. The Kier molecular flexibility index (Phi) is 8.48. The minimum Gasteiger partial charge on any atom is -0.404 e. The number of hydrogen-bond acceptors (Lipinski definition) is 7. The molecule has 1 amide bonds. The van der Waals surface area contributed by atoms with Gasteiger partial charge in [-0.05, 0) is 85.9 Å². The van der Waals surface area contributed by atoms with Crippen LogP contribution < -0.4 is 27.8 Å². The molecule has 0 spiro atoms. The fourth-order valence-corrected chi connectivity index (χ4v) is 4.94. The number of hydrogen-bond donors (Lipinski definition) is 5. The molecule has 8 N–H and O–H groups in total. The Morgan fingerprint density at radius 1 is 1.34 bits per heavy atom. The molecule has 1 aliphatic carbocycles. The first-order valence-electron chi connectivity index (χ1n) is 12.1. The second kappa shape index (κ2) is 11.5. The fraction of sp³-hybridized carbons (Fsp3) is 0.407. The molecule has 8 heteroatoms. The standard InChI is InChI=1S/C27H37N7O/c1-17(30)10-23(15-29)22-12-19(14-28)11-20(13-22)16-33-27(35)25-26(24(31)8-9-32-25)34(3)18(2)21-6-4-5-7-21/h8-13,15,18,21,25,32H,4-7,16,29-31H2,1-3H3,(H,33,35)/b17-10-,23-15+. The van der Waals surface area contributed by atoms with Crippen molar-refractivity contribution in [1.29, 1.82) is 5.26 Å². The van der Waals surface area contributed by atoms with Gasteiger partial charge in [-0.3, -0.25) is 4.79 Å². The SMILES string of the molecule is C/C(N)=C/C(=C\N)c1cc(C#N)cc(CNC(=O)C2NC=CC(N)=C2N(C)C(C)C2CCCC2)c1. The number of likely N-dealkylation sites (N-methyl/N-ethyl adjacent to an activating group) is 1. The van der Waals surface area contributed by atoms with Gasteiger partial charge in [0.25, 0.3) is 0 Å². The van der Waals surface area contributed by atoms with Gasteiger partial charge in [-0.1, -0.05) is 12.8 Å². The monoisotopic (exact) mass is 475 g/mol. The van der Waals surface area contributed by atoms with Crippen molar-refractivity contribution in [2.24, 2.45) is 23.1 Å². The summed E-state index contributed by atoms with van der Waals surface area (Å²) < 4.78 is 0. The van der Waals surface area contributed by atoms with Crippen molar-refractivity contribution in [3.05, 3.63) is 76.5 Å². The third kappa shape index (κ3) is 6.18. The molecule has 2 unspecified atom stereocenters. The molecule has 3 rings (SSSR count). The highest BCUT2D eigenvalue weighted by molar-refractivity contribution is 5.85. The molecule has 1 aromatic carbocycles. The molecular formula is C27H37N7O. The predicted molar refractivity (Wildman–Crippen MR) is 140 cm³/mol. The van der Waals surface area contributed by atoms with Crippen LogP contribution in [0.3, 0.4) is 0 Å². The Morgan fingerprint density at radius 2 is 2.06 bits per heavy atom. The Hall–Kier alpha value is -3.86. The molecule has 0 saturated heterocycles. The molecule has 1 saturated carbocycles. The van der Waals surface area contributed by atoms with E-state index in [9.17, 15) is 10.1 Å². The highest BCUT2D eigenvalue weighted by Crippen LogP contribution is 2.32. The number of nitriles is 1. The van der Waals surface area contributed by atoms with Crippen molar-refractivity contribution in [1.82, 2.24) is 15.5 Å². The van der Waals surface area contributed by atoms with E-state index in [0.717, 1.165) is 16.8 Å². The first-order chi connectivity index (χ1) is 16.7. The molecule has 1 aliphatic heterocycles. The number of nitrogens with zero attached hydrogens (tertiary/aromatic N) is 2. The minimum absolute atomic E-state index is 0.186. The van der Waals surface area contributed by atoms with Gasteiger partial charge in [0.2, 0.25) is 5.91 Å². The third-order valence-electron chi connectivity index (χ3n) is 6.91. The normalized spacial score (nSPS) is 19.8. The number of dihydropyridines is 1. The van der Waals surface area contributed by atoms with Crippen LogP contribution in [0, 0.1) is 17.2 Å². The van der Waals surface area contributed by atoms with E-state index in [0.29, 0.717) is 28.4 Å². The number of nitrogens with one attached hydrogen (secondary N) is 2. The van der Waals surface area contributed by atoms with E-state index in [1.807, 2.05) is 13.1 Å². The maximum absolute atomic E-state index is 13.3. The lowest BCUT2D eigenvalue weighted by molar-refractivity contribution is -0.122. The largest absolute Gasteiger partial charge is 0.404 e. The molecule has 1 fully saturated rings. The van der Waals surface area contributed by atoms with Crippen LogP contribution in [-0.4, -0.2) is 29.9 Å². The lowest BCUT2D eigenvalue weighted by atomic mass is 9.96. The highest BCUT2D eigenvalue weighted by Gasteiger charge is 2.33. The average Bonchev–Trinajstić information content (AvgIpc) is 3.39. The summed E-state index contributed by atoms with van der Waals surface area (Å²) in [7, 11) is 2.02. The number of carbonyl (C=O) groups is 1. The molecule has 2 aliphatic rings. The highest BCUT2D eigenvalue weighted by atomic mass is 16.2. The van der Waals surface area contributed by atoms with Crippen LogP contribution >= 0.6 is 0 Å². The van der Waals surface area contributed by atoms with Crippen molar-refractivity contribution >= 4 is 11.5 Å². The Bertz CT molecular complexity index is 1100. The van der Waals surface area contributed by atoms with Gasteiger partial charge in [-0.15, -0.1) is 0 Å². The molecule has 35 heavy (non-hydrogen) atoms. The van der Waals surface area contributed by atoms with E-state index in [1.54, 1.807) is 37.4 Å². The summed E-state index contributed by atoms with van der Waals surface area (Å²) in [6, 6.07) is 7.25. The molecule has 8 nitrogen and oxygen atoms in total. The number of nitrogens with two attached hydrogens (primary N) is 3. The second-order valence-electron chi connectivity index (χ2n) is 9.43. The summed E-state index contributed by atoms with van der Waals surface area (Å²) >= 11 is 0. The van der Waals surface area contributed by atoms with Gasteiger partial charge in [0, 0.05) is 31.5 Å². The van der Waals surface area contributed by atoms with Crippen LogP contribution in [0.4, 0.5) is 0 Å². The Balaban J connectivity index is 1.78. The van der Waals surface area contributed by atoms with Crippen LogP contribution in [0.25, 0.3) is 5.57 Å². The lowest BCUT2D eigenvalue weighted by Crippen LogP contribution is -2.51. The molecule has 0 bridgehead atoms.